The highest BCUT2D eigenvalue weighted by Crippen LogP contribution is 2.39. The topological polar surface area (TPSA) is 54.7 Å². The van der Waals surface area contributed by atoms with Crippen LogP contribution in [0.4, 0.5) is 0 Å². The maximum Gasteiger partial charge on any atom is 0.110 e. The van der Waals surface area contributed by atoms with Crippen LogP contribution in [0, 0.1) is 0 Å². The summed E-state index contributed by atoms with van der Waals surface area (Å²) in [4.78, 5) is 8.09. The van der Waals surface area contributed by atoms with Crippen molar-refractivity contribution in [2.45, 2.75) is 25.2 Å². The largest absolute Gasteiger partial charge is 0.342 e. The van der Waals surface area contributed by atoms with E-state index in [4.69, 9.17) is 5.73 Å². The lowest BCUT2D eigenvalue weighted by atomic mass is 10.1. The second-order valence-electron chi connectivity index (χ2n) is 4.25. The summed E-state index contributed by atoms with van der Waals surface area (Å²) < 4.78 is 0. The minimum absolute atomic E-state index is 0.683. The molecule has 0 aliphatic heterocycles. The van der Waals surface area contributed by atoms with Gasteiger partial charge in [-0.15, -0.1) is 0 Å². The molecule has 1 aromatic carbocycles. The van der Waals surface area contributed by atoms with Gasteiger partial charge in [-0.05, 0) is 37.4 Å². The van der Waals surface area contributed by atoms with Gasteiger partial charge >= 0.3 is 0 Å². The minimum atomic E-state index is 0.683. The molecule has 0 spiro atoms. The molecule has 3 N–H and O–H groups in total. The molecular formula is C12H15N3. The average Bonchev–Trinajstić information content (AvgIpc) is 2.99. The first-order valence-electron chi connectivity index (χ1n) is 5.56. The summed E-state index contributed by atoms with van der Waals surface area (Å²) in [5, 5.41) is 0. The zero-order chi connectivity index (χ0) is 10.3. The number of para-hydroxylation sites is 1. The van der Waals surface area contributed by atoms with Crippen LogP contribution in [0.5, 0.6) is 0 Å². The summed E-state index contributed by atoms with van der Waals surface area (Å²) in [5.74, 6) is 1.84. The predicted octanol–water partition coefficient (Wildman–Crippen LogP) is 1.94. The van der Waals surface area contributed by atoms with Gasteiger partial charge < -0.3 is 10.7 Å². The Labute approximate surface area is 88.7 Å². The SMILES string of the molecule is NCCc1cccc2[nH]c(C3CC3)nc12. The van der Waals surface area contributed by atoms with Crippen molar-refractivity contribution in [1.82, 2.24) is 9.97 Å². The fraction of sp³-hybridized carbons (Fsp3) is 0.417. The quantitative estimate of drug-likeness (QED) is 0.797. The van der Waals surface area contributed by atoms with Crippen molar-refractivity contribution in [3.05, 3.63) is 29.6 Å². The lowest BCUT2D eigenvalue weighted by Crippen LogP contribution is -2.02. The van der Waals surface area contributed by atoms with E-state index >= 15 is 0 Å². The summed E-state index contributed by atoms with van der Waals surface area (Å²) >= 11 is 0. The number of imidazole rings is 1. The summed E-state index contributed by atoms with van der Waals surface area (Å²) in [6.45, 7) is 0.685. The first-order valence-corrected chi connectivity index (χ1v) is 5.56. The Morgan fingerprint density at radius 3 is 3.00 bits per heavy atom. The second kappa shape index (κ2) is 3.35. The molecule has 0 unspecified atom stereocenters. The van der Waals surface area contributed by atoms with Crippen LogP contribution in [0.25, 0.3) is 11.0 Å². The van der Waals surface area contributed by atoms with Crippen LogP contribution in [0.3, 0.4) is 0 Å². The van der Waals surface area contributed by atoms with Gasteiger partial charge in [0, 0.05) is 5.92 Å². The number of rotatable bonds is 3. The van der Waals surface area contributed by atoms with Gasteiger partial charge in [0.2, 0.25) is 0 Å². The summed E-state index contributed by atoms with van der Waals surface area (Å²) in [7, 11) is 0. The Morgan fingerprint density at radius 2 is 2.27 bits per heavy atom. The normalized spacial score (nSPS) is 16.1. The van der Waals surface area contributed by atoms with Gasteiger partial charge in [0.15, 0.2) is 0 Å². The number of nitrogens with zero attached hydrogens (tertiary/aromatic N) is 1. The molecule has 2 aromatic rings. The summed E-state index contributed by atoms with van der Waals surface area (Å²) in [6.07, 6.45) is 3.48. The molecule has 3 nitrogen and oxygen atoms in total. The van der Waals surface area contributed by atoms with Crippen LogP contribution in [-0.2, 0) is 6.42 Å². The third-order valence-corrected chi connectivity index (χ3v) is 2.99. The molecule has 1 aliphatic rings. The van der Waals surface area contributed by atoms with Gasteiger partial charge in [0.05, 0.1) is 11.0 Å². The van der Waals surface area contributed by atoms with Crippen molar-refractivity contribution in [3.63, 3.8) is 0 Å². The van der Waals surface area contributed by atoms with Crippen molar-refractivity contribution in [3.8, 4) is 0 Å². The van der Waals surface area contributed by atoms with E-state index in [1.807, 2.05) is 0 Å². The molecule has 3 rings (SSSR count). The number of fused-ring (bicyclic) bond motifs is 1. The van der Waals surface area contributed by atoms with E-state index in [2.05, 4.69) is 28.2 Å². The maximum absolute atomic E-state index is 5.59. The van der Waals surface area contributed by atoms with Crippen LogP contribution >= 0.6 is 0 Å². The number of nitrogens with two attached hydrogens (primary N) is 1. The van der Waals surface area contributed by atoms with Crippen LogP contribution in [-0.4, -0.2) is 16.5 Å². The molecule has 15 heavy (non-hydrogen) atoms. The zero-order valence-electron chi connectivity index (χ0n) is 8.66. The Morgan fingerprint density at radius 1 is 1.40 bits per heavy atom. The van der Waals surface area contributed by atoms with E-state index in [-0.39, 0.29) is 0 Å². The molecule has 1 aliphatic carbocycles. The van der Waals surface area contributed by atoms with Gasteiger partial charge in [-0.2, -0.15) is 0 Å². The van der Waals surface area contributed by atoms with E-state index in [1.165, 1.54) is 18.4 Å². The molecule has 0 radical (unpaired) electrons. The van der Waals surface area contributed by atoms with E-state index in [1.54, 1.807) is 0 Å². The van der Waals surface area contributed by atoms with Crippen molar-refractivity contribution in [2.75, 3.05) is 6.54 Å². The van der Waals surface area contributed by atoms with E-state index in [9.17, 15) is 0 Å². The first kappa shape index (κ1) is 8.92. The number of hydrogen-bond acceptors (Lipinski definition) is 2. The first-order chi connectivity index (χ1) is 7.38. The molecule has 0 bridgehead atoms. The predicted molar refractivity (Wildman–Crippen MR) is 60.8 cm³/mol. The third-order valence-electron chi connectivity index (χ3n) is 2.99. The molecule has 0 atom stereocenters. The van der Waals surface area contributed by atoms with Crippen molar-refractivity contribution < 1.29 is 0 Å². The summed E-state index contributed by atoms with van der Waals surface area (Å²) in [5.41, 5.74) is 9.13. The smallest absolute Gasteiger partial charge is 0.110 e. The number of benzene rings is 1. The molecule has 1 aromatic heterocycles. The van der Waals surface area contributed by atoms with Crippen LogP contribution < -0.4 is 5.73 Å². The van der Waals surface area contributed by atoms with Crippen molar-refractivity contribution in [1.29, 1.82) is 0 Å². The summed E-state index contributed by atoms with van der Waals surface area (Å²) in [6, 6.07) is 6.28. The highest BCUT2D eigenvalue weighted by atomic mass is 14.9. The lowest BCUT2D eigenvalue weighted by Gasteiger charge is -1.98. The molecule has 1 saturated carbocycles. The molecule has 1 fully saturated rings. The van der Waals surface area contributed by atoms with E-state index < -0.39 is 0 Å². The molecule has 1 heterocycles. The van der Waals surface area contributed by atoms with Gasteiger partial charge in [-0.25, -0.2) is 4.98 Å². The van der Waals surface area contributed by atoms with Crippen LogP contribution in [0.2, 0.25) is 0 Å². The maximum atomic E-state index is 5.59. The monoisotopic (exact) mass is 201 g/mol. The van der Waals surface area contributed by atoms with Gasteiger partial charge in [-0.3, -0.25) is 0 Å². The van der Waals surface area contributed by atoms with Crippen molar-refractivity contribution in [2.24, 2.45) is 5.73 Å². The highest BCUT2D eigenvalue weighted by Gasteiger charge is 2.26. The third kappa shape index (κ3) is 1.53. The van der Waals surface area contributed by atoms with Gasteiger partial charge in [-0.1, -0.05) is 12.1 Å². The van der Waals surface area contributed by atoms with Gasteiger partial charge in [0.1, 0.15) is 5.82 Å². The minimum Gasteiger partial charge on any atom is -0.342 e. The number of aromatic amines is 1. The number of H-pyrrole nitrogens is 1. The fourth-order valence-corrected chi connectivity index (χ4v) is 2.02. The highest BCUT2D eigenvalue weighted by molar-refractivity contribution is 5.79. The molecule has 0 amide bonds. The van der Waals surface area contributed by atoms with Crippen molar-refractivity contribution >= 4 is 11.0 Å². The standard InChI is InChI=1S/C12H15N3/c13-7-6-8-2-1-3-10-11(8)15-12(14-10)9-4-5-9/h1-3,9H,4-7,13H2,(H,14,15). The molecule has 0 saturated heterocycles. The van der Waals surface area contributed by atoms with Crippen LogP contribution in [0.15, 0.2) is 18.2 Å². The molecule has 78 valence electrons. The lowest BCUT2D eigenvalue weighted by molar-refractivity contribution is 0.964. The van der Waals surface area contributed by atoms with E-state index in [0.717, 1.165) is 23.3 Å². The Balaban J connectivity index is 2.11. The second-order valence-corrected chi connectivity index (χ2v) is 4.25. The Hall–Kier alpha value is -1.35. The zero-order valence-corrected chi connectivity index (χ0v) is 8.66. The van der Waals surface area contributed by atoms with Crippen LogP contribution in [0.1, 0.15) is 30.1 Å². The number of aromatic nitrogens is 2. The molecule has 3 heteroatoms. The Kier molecular flexibility index (Phi) is 1.99. The Bertz CT molecular complexity index is 483. The van der Waals surface area contributed by atoms with Gasteiger partial charge in [0.25, 0.3) is 0 Å². The van der Waals surface area contributed by atoms with E-state index in [0.29, 0.717) is 12.5 Å². The average molecular weight is 201 g/mol. The fourth-order valence-electron chi connectivity index (χ4n) is 2.02. The number of hydrogen-bond donors (Lipinski definition) is 2. The molecular weight excluding hydrogens is 186 g/mol. The number of nitrogens with one attached hydrogen (secondary N) is 1.